The molecule has 1 aromatic carbocycles. The molecule has 0 aliphatic heterocycles. The molecule has 4 heteroatoms. The molecular formula is C12H14N2S2. The molecule has 0 radical (unpaired) electrons. The third-order valence-electron chi connectivity index (χ3n) is 2.23. The maximum Gasteiger partial charge on any atom is 0.103 e. The van der Waals surface area contributed by atoms with Crippen LogP contribution in [0.25, 0.3) is 0 Å². The first-order chi connectivity index (χ1) is 7.79. The van der Waals surface area contributed by atoms with Gasteiger partial charge >= 0.3 is 0 Å². The Morgan fingerprint density at radius 3 is 2.69 bits per heavy atom. The number of nitrogens with two attached hydrogens (primary N) is 1. The van der Waals surface area contributed by atoms with Gasteiger partial charge in [0.15, 0.2) is 0 Å². The summed E-state index contributed by atoms with van der Waals surface area (Å²) in [6, 6.07) is 10.4. The fourth-order valence-corrected chi connectivity index (χ4v) is 3.26. The number of nitrogens with zero attached hydrogens (tertiary/aromatic N) is 1. The Labute approximate surface area is 104 Å². The summed E-state index contributed by atoms with van der Waals surface area (Å²) in [6.07, 6.45) is 0. The summed E-state index contributed by atoms with van der Waals surface area (Å²) in [6.45, 7) is 2.62. The lowest BCUT2D eigenvalue weighted by atomic mass is 10.4. The maximum absolute atomic E-state index is 5.63. The number of thioether (sulfide) groups is 1. The molecule has 0 bridgehead atoms. The SMILES string of the molecule is Cc1nc(CSc2ccccc2)sc1CN. The van der Waals surface area contributed by atoms with Gasteiger partial charge in [-0.15, -0.1) is 23.1 Å². The van der Waals surface area contributed by atoms with Crippen LogP contribution in [0.2, 0.25) is 0 Å². The summed E-state index contributed by atoms with van der Waals surface area (Å²) >= 11 is 3.53. The highest BCUT2D eigenvalue weighted by atomic mass is 32.2. The minimum atomic E-state index is 0.597. The van der Waals surface area contributed by atoms with Gasteiger partial charge in [-0.1, -0.05) is 18.2 Å². The third-order valence-corrected chi connectivity index (χ3v) is 4.61. The third kappa shape index (κ3) is 2.84. The highest BCUT2D eigenvalue weighted by molar-refractivity contribution is 7.98. The smallest absolute Gasteiger partial charge is 0.103 e. The van der Waals surface area contributed by atoms with Gasteiger partial charge < -0.3 is 5.73 Å². The topological polar surface area (TPSA) is 38.9 Å². The predicted octanol–water partition coefficient (Wildman–Crippen LogP) is 3.20. The molecule has 84 valence electrons. The average Bonchev–Trinajstić information content (AvgIpc) is 2.69. The largest absolute Gasteiger partial charge is 0.326 e. The van der Waals surface area contributed by atoms with Crippen LogP contribution in [-0.4, -0.2) is 4.98 Å². The quantitative estimate of drug-likeness (QED) is 0.847. The number of hydrogen-bond acceptors (Lipinski definition) is 4. The van der Waals surface area contributed by atoms with E-state index < -0.39 is 0 Å². The second-order valence-corrected chi connectivity index (χ2v) is 5.64. The molecule has 0 fully saturated rings. The van der Waals surface area contributed by atoms with Gasteiger partial charge in [-0.3, -0.25) is 0 Å². The van der Waals surface area contributed by atoms with E-state index >= 15 is 0 Å². The van der Waals surface area contributed by atoms with Gasteiger partial charge in [0.2, 0.25) is 0 Å². The molecule has 0 saturated heterocycles. The van der Waals surface area contributed by atoms with Crippen molar-refractivity contribution in [2.75, 3.05) is 0 Å². The lowest BCUT2D eigenvalue weighted by molar-refractivity contribution is 1.05. The van der Waals surface area contributed by atoms with Crippen LogP contribution in [0.4, 0.5) is 0 Å². The van der Waals surface area contributed by atoms with Crippen molar-refractivity contribution in [3.8, 4) is 0 Å². The lowest BCUT2D eigenvalue weighted by Crippen LogP contribution is -1.94. The highest BCUT2D eigenvalue weighted by Gasteiger charge is 2.06. The highest BCUT2D eigenvalue weighted by Crippen LogP contribution is 2.26. The predicted molar refractivity (Wildman–Crippen MR) is 70.7 cm³/mol. The first-order valence-corrected chi connectivity index (χ1v) is 6.93. The number of rotatable bonds is 4. The number of benzene rings is 1. The molecule has 0 amide bonds. The van der Waals surface area contributed by atoms with Gasteiger partial charge in [-0.25, -0.2) is 4.98 Å². The number of aryl methyl sites for hydroxylation is 1. The molecule has 0 spiro atoms. The minimum absolute atomic E-state index is 0.597. The first-order valence-electron chi connectivity index (χ1n) is 5.12. The van der Waals surface area contributed by atoms with Crippen molar-refractivity contribution in [1.82, 2.24) is 4.98 Å². The molecule has 2 nitrogen and oxygen atoms in total. The second kappa shape index (κ2) is 5.48. The summed E-state index contributed by atoms with van der Waals surface area (Å²) in [7, 11) is 0. The lowest BCUT2D eigenvalue weighted by Gasteiger charge is -1.97. The Hall–Kier alpha value is -0.840. The van der Waals surface area contributed by atoms with Gasteiger partial charge in [-0.2, -0.15) is 0 Å². The zero-order valence-electron chi connectivity index (χ0n) is 9.14. The minimum Gasteiger partial charge on any atom is -0.326 e. The molecule has 2 aromatic rings. The van der Waals surface area contributed by atoms with Gasteiger partial charge in [0.25, 0.3) is 0 Å². The van der Waals surface area contributed by atoms with Crippen LogP contribution >= 0.6 is 23.1 Å². The van der Waals surface area contributed by atoms with E-state index in [-0.39, 0.29) is 0 Å². The normalized spacial score (nSPS) is 10.6. The summed E-state index contributed by atoms with van der Waals surface area (Å²) in [4.78, 5) is 6.99. The summed E-state index contributed by atoms with van der Waals surface area (Å²) in [5.74, 6) is 0.926. The summed E-state index contributed by atoms with van der Waals surface area (Å²) < 4.78 is 0. The fourth-order valence-electron chi connectivity index (χ4n) is 1.40. The van der Waals surface area contributed by atoms with Crippen molar-refractivity contribution < 1.29 is 0 Å². The first kappa shape index (κ1) is 11.6. The van der Waals surface area contributed by atoms with Crippen molar-refractivity contribution in [2.45, 2.75) is 24.1 Å². The summed E-state index contributed by atoms with van der Waals surface area (Å²) in [5.41, 5.74) is 6.71. The monoisotopic (exact) mass is 250 g/mol. The number of hydrogen-bond donors (Lipinski definition) is 1. The Morgan fingerprint density at radius 2 is 2.06 bits per heavy atom. The standard InChI is InChI=1S/C12H14N2S2/c1-9-11(7-13)16-12(14-9)8-15-10-5-3-2-4-6-10/h2-6H,7-8,13H2,1H3. The molecule has 2 rings (SSSR count). The van der Waals surface area contributed by atoms with Crippen LogP contribution in [0.1, 0.15) is 15.6 Å². The molecule has 0 saturated carbocycles. The molecule has 0 unspecified atom stereocenters. The molecular weight excluding hydrogens is 236 g/mol. The van der Waals surface area contributed by atoms with Gasteiger partial charge in [0.1, 0.15) is 5.01 Å². The molecule has 0 aliphatic rings. The second-order valence-electron chi connectivity index (χ2n) is 3.42. The Morgan fingerprint density at radius 1 is 1.31 bits per heavy atom. The van der Waals surface area contributed by atoms with Crippen LogP contribution in [0.15, 0.2) is 35.2 Å². The summed E-state index contributed by atoms with van der Waals surface area (Å²) in [5, 5.41) is 1.16. The van der Waals surface area contributed by atoms with Crippen molar-refractivity contribution in [2.24, 2.45) is 5.73 Å². The van der Waals surface area contributed by atoms with Crippen LogP contribution in [0, 0.1) is 6.92 Å². The van der Waals surface area contributed by atoms with Crippen molar-refractivity contribution in [3.05, 3.63) is 45.9 Å². The van der Waals surface area contributed by atoms with Crippen LogP contribution < -0.4 is 5.73 Å². The zero-order chi connectivity index (χ0) is 11.4. The van der Waals surface area contributed by atoms with Crippen molar-refractivity contribution in [3.63, 3.8) is 0 Å². The van der Waals surface area contributed by atoms with E-state index in [9.17, 15) is 0 Å². The van der Waals surface area contributed by atoms with E-state index in [1.54, 1.807) is 11.3 Å². The van der Waals surface area contributed by atoms with Gasteiger partial charge in [-0.05, 0) is 19.1 Å². The molecule has 16 heavy (non-hydrogen) atoms. The fraction of sp³-hybridized carbons (Fsp3) is 0.250. The van der Waals surface area contributed by atoms with Crippen LogP contribution in [-0.2, 0) is 12.3 Å². The van der Waals surface area contributed by atoms with E-state index in [1.165, 1.54) is 9.77 Å². The Bertz CT molecular complexity index is 451. The molecule has 1 heterocycles. The van der Waals surface area contributed by atoms with E-state index in [2.05, 4.69) is 29.2 Å². The van der Waals surface area contributed by atoms with E-state index in [0.29, 0.717) is 6.54 Å². The van der Waals surface area contributed by atoms with Crippen LogP contribution in [0.5, 0.6) is 0 Å². The van der Waals surface area contributed by atoms with Crippen LogP contribution in [0.3, 0.4) is 0 Å². The zero-order valence-corrected chi connectivity index (χ0v) is 10.8. The van der Waals surface area contributed by atoms with E-state index in [1.807, 2.05) is 24.8 Å². The molecule has 2 N–H and O–H groups in total. The van der Waals surface area contributed by atoms with E-state index in [0.717, 1.165) is 16.5 Å². The van der Waals surface area contributed by atoms with Crippen molar-refractivity contribution in [1.29, 1.82) is 0 Å². The number of thiazole rings is 1. The number of aromatic nitrogens is 1. The molecule has 0 atom stereocenters. The average molecular weight is 250 g/mol. The Kier molecular flexibility index (Phi) is 3.98. The van der Waals surface area contributed by atoms with Gasteiger partial charge in [0.05, 0.1) is 11.4 Å². The Balaban J connectivity index is 2.00. The van der Waals surface area contributed by atoms with E-state index in [4.69, 9.17) is 5.73 Å². The molecule has 1 aromatic heterocycles. The molecule has 0 aliphatic carbocycles. The maximum atomic E-state index is 5.63. The van der Waals surface area contributed by atoms with Crippen molar-refractivity contribution >= 4 is 23.1 Å². The van der Waals surface area contributed by atoms with Gasteiger partial charge in [0, 0.05) is 16.3 Å².